The van der Waals surface area contributed by atoms with Gasteiger partial charge in [0.15, 0.2) is 11.5 Å². The van der Waals surface area contributed by atoms with E-state index < -0.39 is 44.4 Å². The molecular formula is C12H14F6N5O2P. The number of halogens is 6. The zero-order chi connectivity index (χ0) is 19.8. The number of anilines is 1. The standard InChI is InChI=1S/C12H14F6N5O2P/c1-7(23-5-22-8-9(19)20-4-21-10(8)23)25-6-26(24,2-11(13,14)15)3-12(16,17)18/h4-5,7H,2-3,6H2,1H3,(H2,19,20,21). The van der Waals surface area contributed by atoms with E-state index in [9.17, 15) is 30.9 Å². The summed E-state index contributed by atoms with van der Waals surface area (Å²) in [6, 6.07) is 0. The van der Waals surface area contributed by atoms with Crippen LogP contribution in [0.3, 0.4) is 0 Å². The molecule has 0 spiro atoms. The fourth-order valence-electron chi connectivity index (χ4n) is 2.26. The summed E-state index contributed by atoms with van der Waals surface area (Å²) in [7, 11) is -4.75. The predicted molar refractivity (Wildman–Crippen MR) is 79.8 cm³/mol. The largest absolute Gasteiger partial charge is 0.395 e. The molecule has 0 saturated carbocycles. The van der Waals surface area contributed by atoms with E-state index in [1.807, 2.05) is 0 Å². The number of nitrogens with two attached hydrogens (primary N) is 1. The molecule has 0 aliphatic heterocycles. The summed E-state index contributed by atoms with van der Waals surface area (Å²) < 4.78 is 93.7. The molecule has 0 radical (unpaired) electrons. The van der Waals surface area contributed by atoms with E-state index in [0.717, 1.165) is 6.33 Å². The first-order valence-corrected chi connectivity index (χ1v) is 9.31. The van der Waals surface area contributed by atoms with Crippen molar-refractivity contribution in [3.05, 3.63) is 12.7 Å². The molecular weight excluding hydrogens is 391 g/mol. The second-order valence-corrected chi connectivity index (χ2v) is 8.59. The van der Waals surface area contributed by atoms with E-state index in [2.05, 4.69) is 15.0 Å². The highest BCUT2D eigenvalue weighted by Gasteiger charge is 2.46. The minimum absolute atomic E-state index is 0.0424. The minimum atomic E-state index is -5.02. The summed E-state index contributed by atoms with van der Waals surface area (Å²) in [5, 5.41) is 0. The Kier molecular flexibility index (Phi) is 5.52. The van der Waals surface area contributed by atoms with Gasteiger partial charge in [-0.1, -0.05) is 0 Å². The number of nitrogens with zero attached hydrogens (tertiary/aromatic N) is 4. The first-order chi connectivity index (χ1) is 11.8. The number of rotatable bonds is 6. The van der Waals surface area contributed by atoms with Gasteiger partial charge in [0.1, 0.15) is 31.6 Å². The number of aromatic nitrogens is 4. The van der Waals surface area contributed by atoms with Gasteiger partial charge in [0, 0.05) is 0 Å². The van der Waals surface area contributed by atoms with Crippen molar-refractivity contribution in [2.24, 2.45) is 0 Å². The number of alkyl halides is 6. The third kappa shape index (κ3) is 5.31. The van der Waals surface area contributed by atoms with Crippen LogP contribution in [0.1, 0.15) is 13.2 Å². The summed E-state index contributed by atoms with van der Waals surface area (Å²) in [5.41, 5.74) is 5.95. The van der Waals surface area contributed by atoms with Gasteiger partial charge >= 0.3 is 12.4 Å². The van der Waals surface area contributed by atoms with Crippen molar-refractivity contribution < 1.29 is 35.6 Å². The molecule has 146 valence electrons. The van der Waals surface area contributed by atoms with E-state index in [1.165, 1.54) is 17.8 Å². The van der Waals surface area contributed by atoms with Gasteiger partial charge in [0.25, 0.3) is 0 Å². The lowest BCUT2D eigenvalue weighted by Crippen LogP contribution is -2.25. The number of hydrogen-bond donors (Lipinski definition) is 1. The Morgan fingerprint density at radius 2 is 1.73 bits per heavy atom. The number of ether oxygens (including phenoxy) is 1. The molecule has 2 heterocycles. The topological polar surface area (TPSA) is 95.9 Å². The molecule has 2 rings (SSSR count). The second-order valence-electron chi connectivity index (χ2n) is 5.58. The van der Waals surface area contributed by atoms with Gasteiger partial charge in [-0.15, -0.1) is 0 Å². The quantitative estimate of drug-likeness (QED) is 0.585. The lowest BCUT2D eigenvalue weighted by Gasteiger charge is -2.23. The molecule has 0 aliphatic rings. The average molecular weight is 405 g/mol. The van der Waals surface area contributed by atoms with Gasteiger partial charge in [-0.2, -0.15) is 26.3 Å². The maximum absolute atomic E-state index is 12.5. The van der Waals surface area contributed by atoms with E-state index in [0.29, 0.717) is 0 Å². The molecule has 0 amide bonds. The van der Waals surface area contributed by atoms with Crippen molar-refractivity contribution in [3.8, 4) is 0 Å². The minimum Gasteiger partial charge on any atom is -0.382 e. The molecule has 2 aromatic heterocycles. The molecule has 0 saturated heterocycles. The maximum Gasteiger partial charge on any atom is 0.395 e. The van der Waals surface area contributed by atoms with Crippen molar-refractivity contribution in [1.82, 2.24) is 19.5 Å². The van der Waals surface area contributed by atoms with Crippen LogP contribution in [0.2, 0.25) is 0 Å². The molecule has 1 unspecified atom stereocenters. The summed E-state index contributed by atoms with van der Waals surface area (Å²) in [4.78, 5) is 11.5. The first kappa shape index (κ1) is 20.4. The maximum atomic E-state index is 12.5. The van der Waals surface area contributed by atoms with Gasteiger partial charge in [-0.25, -0.2) is 15.0 Å². The van der Waals surface area contributed by atoms with Gasteiger partial charge < -0.3 is 15.0 Å². The fourth-order valence-corrected chi connectivity index (χ4v) is 4.35. The van der Waals surface area contributed by atoms with E-state index >= 15 is 0 Å². The molecule has 0 aliphatic carbocycles. The normalized spacial score (nSPS) is 14.7. The zero-order valence-corrected chi connectivity index (χ0v) is 14.1. The van der Waals surface area contributed by atoms with Crippen molar-refractivity contribution >= 4 is 24.1 Å². The van der Waals surface area contributed by atoms with Crippen molar-refractivity contribution in [1.29, 1.82) is 0 Å². The summed E-state index contributed by atoms with van der Waals surface area (Å²) >= 11 is 0. The summed E-state index contributed by atoms with van der Waals surface area (Å²) in [6.45, 7) is 1.34. The van der Waals surface area contributed by atoms with Crippen molar-refractivity contribution in [3.63, 3.8) is 0 Å². The van der Waals surface area contributed by atoms with Crippen LogP contribution in [0.25, 0.3) is 11.2 Å². The molecule has 0 fully saturated rings. The number of nitrogen functional groups attached to an aromatic ring is 1. The van der Waals surface area contributed by atoms with Crippen LogP contribution in [0, 0.1) is 0 Å². The Bertz CT molecular complexity index is 801. The van der Waals surface area contributed by atoms with Crippen LogP contribution in [0.4, 0.5) is 32.2 Å². The van der Waals surface area contributed by atoms with Crippen LogP contribution in [-0.4, -0.2) is 50.5 Å². The highest BCUT2D eigenvalue weighted by molar-refractivity contribution is 7.63. The van der Waals surface area contributed by atoms with E-state index in [1.54, 1.807) is 0 Å². The Balaban J connectivity index is 2.19. The van der Waals surface area contributed by atoms with Crippen molar-refractivity contribution in [2.45, 2.75) is 25.5 Å². The smallest absolute Gasteiger partial charge is 0.382 e. The SMILES string of the molecule is CC(OCP(=O)(CC(F)(F)F)CC(F)(F)F)n1cnc2c(N)ncnc21. The highest BCUT2D eigenvalue weighted by atomic mass is 31.2. The van der Waals surface area contributed by atoms with Gasteiger partial charge in [0.05, 0.1) is 18.7 Å². The monoisotopic (exact) mass is 405 g/mol. The molecule has 7 nitrogen and oxygen atoms in total. The molecule has 0 bridgehead atoms. The molecule has 26 heavy (non-hydrogen) atoms. The molecule has 2 N–H and O–H groups in total. The molecule has 2 aromatic rings. The molecule has 1 atom stereocenters. The van der Waals surface area contributed by atoms with Gasteiger partial charge in [-0.05, 0) is 6.92 Å². The molecule has 14 heteroatoms. The number of hydrogen-bond acceptors (Lipinski definition) is 6. The fraction of sp³-hybridized carbons (Fsp3) is 0.583. The molecule has 0 aromatic carbocycles. The average Bonchev–Trinajstić information content (AvgIpc) is 2.86. The lowest BCUT2D eigenvalue weighted by atomic mass is 10.5. The van der Waals surface area contributed by atoms with Crippen LogP contribution in [-0.2, 0) is 9.30 Å². The van der Waals surface area contributed by atoms with Crippen molar-refractivity contribution in [2.75, 3.05) is 24.4 Å². The van der Waals surface area contributed by atoms with E-state index in [4.69, 9.17) is 10.5 Å². The van der Waals surface area contributed by atoms with Crippen LogP contribution >= 0.6 is 7.14 Å². The van der Waals surface area contributed by atoms with Gasteiger partial charge in [0.2, 0.25) is 0 Å². The van der Waals surface area contributed by atoms with Crippen LogP contribution in [0.5, 0.6) is 0 Å². The third-order valence-electron chi connectivity index (χ3n) is 3.26. The van der Waals surface area contributed by atoms with Crippen LogP contribution in [0.15, 0.2) is 12.7 Å². The number of fused-ring (bicyclic) bond motifs is 1. The van der Waals surface area contributed by atoms with E-state index in [-0.39, 0.29) is 17.0 Å². The summed E-state index contributed by atoms with van der Waals surface area (Å²) in [5.74, 6) is 0.0424. The zero-order valence-electron chi connectivity index (χ0n) is 13.3. The number of imidazole rings is 1. The Morgan fingerprint density at radius 1 is 1.15 bits per heavy atom. The predicted octanol–water partition coefficient (Wildman–Crippen LogP) is 3.39. The first-order valence-electron chi connectivity index (χ1n) is 7.05. The van der Waals surface area contributed by atoms with Gasteiger partial charge in [-0.3, -0.25) is 4.57 Å². The summed E-state index contributed by atoms with van der Waals surface area (Å²) in [6.07, 6.45) is -14.1. The third-order valence-corrected chi connectivity index (χ3v) is 5.75. The lowest BCUT2D eigenvalue weighted by molar-refractivity contribution is -0.114. The Hall–Kier alpha value is -1.88. The highest BCUT2D eigenvalue weighted by Crippen LogP contribution is 2.53. The second kappa shape index (κ2) is 7.03. The Labute approximate surface area is 142 Å². The Morgan fingerprint density at radius 3 is 2.27 bits per heavy atom. The van der Waals surface area contributed by atoms with Crippen LogP contribution < -0.4 is 5.73 Å².